The average Bonchev–Trinajstić information content (AvgIpc) is 3.44. The minimum atomic E-state index is -0.658. The van der Waals surface area contributed by atoms with Gasteiger partial charge in [0.15, 0.2) is 0 Å². The van der Waals surface area contributed by atoms with Crippen LogP contribution in [0.1, 0.15) is 55.1 Å². The number of halogens is 1. The maximum atomic E-state index is 14.4. The van der Waals surface area contributed by atoms with Crippen LogP contribution < -0.4 is 10.6 Å². The van der Waals surface area contributed by atoms with Crippen LogP contribution in [0.3, 0.4) is 0 Å². The van der Waals surface area contributed by atoms with Crippen molar-refractivity contribution in [1.29, 1.82) is 0 Å². The predicted molar refractivity (Wildman–Crippen MR) is 110 cm³/mol. The SMILES string of the molecule is Cc1ncc(C(=O)Nc2cc(C(=O)Nc3ccc(C4CC4)nc3)c(F)cc2C)s1. The van der Waals surface area contributed by atoms with E-state index < -0.39 is 11.7 Å². The number of hydrogen-bond donors (Lipinski definition) is 2. The lowest BCUT2D eigenvalue weighted by Gasteiger charge is -2.12. The van der Waals surface area contributed by atoms with Crippen LogP contribution in [0.25, 0.3) is 0 Å². The molecule has 0 bridgehead atoms. The normalized spacial score (nSPS) is 13.2. The summed E-state index contributed by atoms with van der Waals surface area (Å²) >= 11 is 1.26. The Morgan fingerprint density at radius 3 is 2.48 bits per heavy atom. The Morgan fingerprint density at radius 2 is 1.86 bits per heavy atom. The quantitative estimate of drug-likeness (QED) is 0.640. The molecule has 0 aliphatic heterocycles. The zero-order valence-corrected chi connectivity index (χ0v) is 16.8. The molecule has 4 rings (SSSR count). The Balaban J connectivity index is 1.52. The Hall–Kier alpha value is -3.13. The van der Waals surface area contributed by atoms with Gasteiger partial charge in [-0.3, -0.25) is 14.6 Å². The summed E-state index contributed by atoms with van der Waals surface area (Å²) in [5, 5.41) is 6.15. The molecule has 8 heteroatoms. The van der Waals surface area contributed by atoms with E-state index >= 15 is 0 Å². The van der Waals surface area contributed by atoms with E-state index in [1.165, 1.54) is 29.7 Å². The molecule has 0 unspecified atom stereocenters. The third-order valence-corrected chi connectivity index (χ3v) is 5.60. The molecule has 0 spiro atoms. The molecule has 1 aliphatic rings. The maximum Gasteiger partial charge on any atom is 0.267 e. The van der Waals surface area contributed by atoms with E-state index in [0.29, 0.717) is 27.7 Å². The van der Waals surface area contributed by atoms with Crippen molar-refractivity contribution in [2.45, 2.75) is 32.6 Å². The summed E-state index contributed by atoms with van der Waals surface area (Å²) in [6, 6.07) is 6.22. The summed E-state index contributed by atoms with van der Waals surface area (Å²) in [6.07, 6.45) is 5.35. The highest BCUT2D eigenvalue weighted by molar-refractivity contribution is 7.13. The van der Waals surface area contributed by atoms with Crippen molar-refractivity contribution in [3.8, 4) is 0 Å². The Labute approximate surface area is 171 Å². The maximum absolute atomic E-state index is 14.4. The van der Waals surface area contributed by atoms with E-state index in [9.17, 15) is 14.0 Å². The van der Waals surface area contributed by atoms with Crippen LogP contribution in [0, 0.1) is 19.7 Å². The standard InChI is InChI=1S/C21H19FN4O2S/c1-11-7-16(22)15(8-18(11)26-21(28)19-10-23-12(2)29-19)20(27)25-14-5-6-17(24-9-14)13-3-4-13/h5-10,13H,3-4H2,1-2H3,(H,25,27)(H,26,28). The van der Waals surface area contributed by atoms with Crippen molar-refractivity contribution in [3.63, 3.8) is 0 Å². The smallest absolute Gasteiger partial charge is 0.267 e. The number of amides is 2. The molecule has 2 heterocycles. The molecule has 3 aromatic rings. The van der Waals surface area contributed by atoms with Gasteiger partial charge in [-0.2, -0.15) is 0 Å². The summed E-state index contributed by atoms with van der Waals surface area (Å²) in [5.41, 5.74) is 2.23. The van der Waals surface area contributed by atoms with Gasteiger partial charge in [-0.15, -0.1) is 11.3 Å². The predicted octanol–water partition coefficient (Wildman–Crippen LogP) is 4.68. The number of thiazole rings is 1. The number of benzene rings is 1. The molecular weight excluding hydrogens is 391 g/mol. The molecule has 148 valence electrons. The molecule has 1 saturated carbocycles. The summed E-state index contributed by atoms with van der Waals surface area (Å²) in [6.45, 7) is 3.47. The van der Waals surface area contributed by atoms with Crippen LogP contribution in [0.2, 0.25) is 0 Å². The van der Waals surface area contributed by atoms with Gasteiger partial charge in [-0.05, 0) is 56.5 Å². The zero-order valence-electron chi connectivity index (χ0n) is 16.0. The number of rotatable bonds is 5. The highest BCUT2D eigenvalue weighted by Crippen LogP contribution is 2.39. The van der Waals surface area contributed by atoms with Gasteiger partial charge in [0.2, 0.25) is 0 Å². The highest BCUT2D eigenvalue weighted by Gasteiger charge is 2.24. The fourth-order valence-corrected chi connectivity index (χ4v) is 3.60. The monoisotopic (exact) mass is 410 g/mol. The largest absolute Gasteiger partial charge is 0.321 e. The van der Waals surface area contributed by atoms with Gasteiger partial charge < -0.3 is 10.6 Å². The highest BCUT2D eigenvalue weighted by atomic mass is 32.1. The molecule has 0 radical (unpaired) electrons. The summed E-state index contributed by atoms with van der Waals surface area (Å²) in [7, 11) is 0. The van der Waals surface area contributed by atoms with Gasteiger partial charge in [-0.1, -0.05) is 0 Å². The van der Waals surface area contributed by atoms with Crippen molar-refractivity contribution in [2.24, 2.45) is 0 Å². The van der Waals surface area contributed by atoms with E-state index in [1.54, 1.807) is 26.1 Å². The first-order valence-corrected chi connectivity index (χ1v) is 10.0. The third kappa shape index (κ3) is 4.32. The molecule has 2 aromatic heterocycles. The second-order valence-electron chi connectivity index (χ2n) is 7.04. The van der Waals surface area contributed by atoms with Gasteiger partial charge in [-0.25, -0.2) is 9.37 Å². The topological polar surface area (TPSA) is 84.0 Å². The van der Waals surface area contributed by atoms with Crippen molar-refractivity contribution >= 4 is 34.5 Å². The summed E-state index contributed by atoms with van der Waals surface area (Å²) in [4.78, 5) is 33.8. The van der Waals surface area contributed by atoms with Crippen molar-refractivity contribution in [1.82, 2.24) is 9.97 Å². The van der Waals surface area contributed by atoms with Crippen LogP contribution in [-0.2, 0) is 0 Å². The molecule has 0 atom stereocenters. The van der Waals surface area contributed by atoms with E-state index in [-0.39, 0.29) is 11.5 Å². The molecule has 1 fully saturated rings. The first kappa shape index (κ1) is 19.2. The van der Waals surface area contributed by atoms with Gasteiger partial charge in [0.05, 0.1) is 28.7 Å². The van der Waals surface area contributed by atoms with E-state index in [2.05, 4.69) is 20.6 Å². The Kier molecular flexibility index (Phi) is 5.10. The molecule has 1 aromatic carbocycles. The Morgan fingerprint density at radius 1 is 1.07 bits per heavy atom. The second-order valence-corrected chi connectivity index (χ2v) is 8.28. The van der Waals surface area contributed by atoms with Crippen molar-refractivity contribution < 1.29 is 14.0 Å². The molecule has 1 aliphatic carbocycles. The lowest BCUT2D eigenvalue weighted by atomic mass is 10.1. The number of anilines is 2. The fourth-order valence-electron chi connectivity index (χ4n) is 2.93. The average molecular weight is 410 g/mol. The Bertz CT molecular complexity index is 1090. The lowest BCUT2D eigenvalue weighted by Crippen LogP contribution is -2.17. The second kappa shape index (κ2) is 7.71. The molecule has 6 nitrogen and oxygen atoms in total. The van der Waals surface area contributed by atoms with Crippen LogP contribution in [0.4, 0.5) is 15.8 Å². The first-order chi connectivity index (χ1) is 13.9. The number of carbonyl (C=O) groups excluding carboxylic acids is 2. The molecule has 29 heavy (non-hydrogen) atoms. The first-order valence-electron chi connectivity index (χ1n) is 9.22. The van der Waals surface area contributed by atoms with E-state index in [1.807, 2.05) is 6.07 Å². The lowest BCUT2D eigenvalue weighted by molar-refractivity contribution is 0.101. The van der Waals surface area contributed by atoms with Crippen molar-refractivity contribution in [3.05, 3.63) is 69.2 Å². The number of aryl methyl sites for hydroxylation is 2. The third-order valence-electron chi connectivity index (χ3n) is 4.69. The zero-order chi connectivity index (χ0) is 20.5. The van der Waals surface area contributed by atoms with Gasteiger partial charge in [0, 0.05) is 17.3 Å². The van der Waals surface area contributed by atoms with Crippen LogP contribution in [-0.4, -0.2) is 21.8 Å². The minimum Gasteiger partial charge on any atom is -0.321 e. The van der Waals surface area contributed by atoms with Gasteiger partial charge in [0.1, 0.15) is 10.7 Å². The van der Waals surface area contributed by atoms with Crippen LogP contribution >= 0.6 is 11.3 Å². The summed E-state index contributed by atoms with van der Waals surface area (Å²) < 4.78 is 14.4. The number of pyridine rings is 1. The van der Waals surface area contributed by atoms with Crippen LogP contribution in [0.5, 0.6) is 0 Å². The van der Waals surface area contributed by atoms with E-state index in [0.717, 1.165) is 23.5 Å². The van der Waals surface area contributed by atoms with Crippen molar-refractivity contribution in [2.75, 3.05) is 10.6 Å². The van der Waals surface area contributed by atoms with Gasteiger partial charge in [0.25, 0.3) is 11.8 Å². The number of nitrogens with zero attached hydrogens (tertiary/aromatic N) is 2. The molecule has 0 saturated heterocycles. The van der Waals surface area contributed by atoms with E-state index in [4.69, 9.17) is 0 Å². The summed E-state index contributed by atoms with van der Waals surface area (Å²) in [5.74, 6) is -1.10. The minimum absolute atomic E-state index is 0.155. The number of nitrogens with one attached hydrogen (secondary N) is 2. The number of carbonyl (C=O) groups is 2. The number of aromatic nitrogens is 2. The fraction of sp³-hybridized carbons (Fsp3) is 0.238. The molecule has 2 amide bonds. The van der Waals surface area contributed by atoms with Crippen LogP contribution in [0.15, 0.2) is 36.7 Å². The molecular formula is C21H19FN4O2S. The number of hydrogen-bond acceptors (Lipinski definition) is 5. The van der Waals surface area contributed by atoms with Gasteiger partial charge >= 0.3 is 0 Å². The molecule has 2 N–H and O–H groups in total.